The number of fused-ring (bicyclic) bond motifs is 1. The van der Waals surface area contributed by atoms with Gasteiger partial charge in [0.05, 0.1) is 19.7 Å². The molecule has 0 saturated carbocycles. The van der Waals surface area contributed by atoms with Gasteiger partial charge in [0.1, 0.15) is 9.77 Å². The number of esters is 1. The van der Waals surface area contributed by atoms with E-state index >= 15 is 0 Å². The molecule has 172 valence electrons. The Hall–Kier alpha value is -3.08. The summed E-state index contributed by atoms with van der Waals surface area (Å²) >= 11 is 1.01. The molecule has 1 aliphatic heterocycles. The third-order valence-corrected chi connectivity index (χ3v) is 8.46. The van der Waals surface area contributed by atoms with Crippen LogP contribution in [0.25, 0.3) is 10.1 Å². The van der Waals surface area contributed by atoms with E-state index in [1.54, 1.807) is 31.2 Å². The molecule has 4 rings (SSSR count). The van der Waals surface area contributed by atoms with Crippen molar-refractivity contribution in [3.05, 3.63) is 65.0 Å². The number of imide groups is 1. The molecule has 33 heavy (non-hydrogen) atoms. The van der Waals surface area contributed by atoms with E-state index in [1.165, 1.54) is 0 Å². The summed E-state index contributed by atoms with van der Waals surface area (Å²) in [5.74, 6) is -1.94. The average Bonchev–Trinajstić information content (AvgIpc) is 3.20. The van der Waals surface area contributed by atoms with Gasteiger partial charge in [0, 0.05) is 16.6 Å². The van der Waals surface area contributed by atoms with E-state index in [9.17, 15) is 22.8 Å². The minimum absolute atomic E-state index is 0.0653. The van der Waals surface area contributed by atoms with Crippen LogP contribution in [0.5, 0.6) is 0 Å². The van der Waals surface area contributed by atoms with Crippen LogP contribution in [-0.2, 0) is 30.8 Å². The molecule has 2 heterocycles. The number of nitrogens with zero attached hydrogens (tertiary/aromatic N) is 2. The lowest BCUT2D eigenvalue weighted by molar-refractivity contribution is -0.149. The molecule has 1 saturated heterocycles. The first-order valence-electron chi connectivity index (χ1n) is 10.4. The minimum Gasteiger partial charge on any atom is -0.462 e. The molecule has 1 fully saturated rings. The molecular weight excluding hydrogens is 464 g/mol. The van der Waals surface area contributed by atoms with Gasteiger partial charge in [-0.15, -0.1) is 11.3 Å². The molecule has 3 aromatic rings. The number of carbonyl (C=O) groups excluding carboxylic acids is 3. The maximum absolute atomic E-state index is 13.6. The number of benzene rings is 2. The minimum atomic E-state index is -4.32. The van der Waals surface area contributed by atoms with Gasteiger partial charge >= 0.3 is 5.97 Å². The smallest absolute Gasteiger partial charge is 0.349 e. The molecule has 0 spiro atoms. The van der Waals surface area contributed by atoms with Crippen molar-refractivity contribution < 1.29 is 27.5 Å². The van der Waals surface area contributed by atoms with Gasteiger partial charge in [0.2, 0.25) is 21.8 Å². The van der Waals surface area contributed by atoms with Crippen LogP contribution >= 0.6 is 11.3 Å². The van der Waals surface area contributed by atoms with Gasteiger partial charge in [0.15, 0.2) is 0 Å². The van der Waals surface area contributed by atoms with E-state index in [2.05, 4.69) is 0 Å². The summed E-state index contributed by atoms with van der Waals surface area (Å²) in [6.45, 7) is 0.935. The van der Waals surface area contributed by atoms with Crippen LogP contribution in [0.2, 0.25) is 0 Å². The number of hydrogen-bond donors (Lipinski definition) is 0. The Bertz CT molecular complexity index is 1300. The van der Waals surface area contributed by atoms with Crippen LogP contribution in [0.15, 0.2) is 59.5 Å². The van der Waals surface area contributed by atoms with Gasteiger partial charge < -0.3 is 4.74 Å². The first kappa shape index (κ1) is 23.1. The number of rotatable bonds is 7. The van der Waals surface area contributed by atoms with Gasteiger partial charge in [-0.05, 0) is 25.0 Å². The zero-order valence-electron chi connectivity index (χ0n) is 17.9. The second kappa shape index (κ2) is 9.42. The summed E-state index contributed by atoms with van der Waals surface area (Å²) in [4.78, 5) is 38.8. The largest absolute Gasteiger partial charge is 0.462 e. The predicted octanol–water partition coefficient (Wildman–Crippen LogP) is 2.68. The lowest BCUT2D eigenvalue weighted by atomic mass is 10.1. The van der Waals surface area contributed by atoms with Crippen LogP contribution in [0.1, 0.15) is 22.2 Å². The molecule has 1 aromatic heterocycles. The van der Waals surface area contributed by atoms with Crippen LogP contribution in [-0.4, -0.2) is 61.6 Å². The zero-order valence-corrected chi connectivity index (χ0v) is 19.5. The van der Waals surface area contributed by atoms with Crippen LogP contribution in [0.4, 0.5) is 0 Å². The van der Waals surface area contributed by atoms with Crippen molar-refractivity contribution in [2.75, 3.05) is 26.2 Å². The van der Waals surface area contributed by atoms with Crippen molar-refractivity contribution in [3.8, 4) is 0 Å². The Morgan fingerprint density at radius 1 is 1.00 bits per heavy atom. The highest BCUT2D eigenvalue weighted by Crippen LogP contribution is 2.37. The number of ether oxygens (including phenoxy) is 1. The lowest BCUT2D eigenvalue weighted by Crippen LogP contribution is -2.55. The van der Waals surface area contributed by atoms with Crippen molar-refractivity contribution in [2.45, 2.75) is 18.2 Å². The summed E-state index contributed by atoms with van der Waals surface area (Å²) < 4.78 is 33.6. The highest BCUT2D eigenvalue weighted by molar-refractivity contribution is 7.89. The summed E-state index contributed by atoms with van der Waals surface area (Å²) in [5, 5.41) is 0.358. The van der Waals surface area contributed by atoms with Crippen molar-refractivity contribution in [3.63, 3.8) is 0 Å². The normalized spacial score (nSPS) is 15.2. The van der Waals surface area contributed by atoms with Crippen molar-refractivity contribution in [2.24, 2.45) is 0 Å². The molecule has 2 amide bonds. The first-order valence-corrected chi connectivity index (χ1v) is 12.6. The number of carbonyl (C=O) groups is 3. The fourth-order valence-electron chi connectivity index (χ4n) is 3.71. The van der Waals surface area contributed by atoms with E-state index < -0.39 is 40.9 Å². The Morgan fingerprint density at radius 3 is 2.30 bits per heavy atom. The molecule has 0 atom stereocenters. The Morgan fingerprint density at radius 2 is 1.64 bits per heavy atom. The second-order valence-corrected chi connectivity index (χ2v) is 10.4. The molecule has 8 nitrogen and oxygen atoms in total. The average molecular weight is 487 g/mol. The number of piperazine rings is 1. The van der Waals surface area contributed by atoms with E-state index in [1.807, 2.05) is 30.3 Å². The van der Waals surface area contributed by atoms with Crippen molar-refractivity contribution >= 4 is 49.2 Å². The van der Waals surface area contributed by atoms with Gasteiger partial charge in [-0.2, -0.15) is 4.31 Å². The highest BCUT2D eigenvalue weighted by atomic mass is 32.2. The summed E-state index contributed by atoms with van der Waals surface area (Å²) in [6, 6.07) is 16.1. The Kier molecular flexibility index (Phi) is 6.59. The monoisotopic (exact) mass is 486 g/mol. The highest BCUT2D eigenvalue weighted by Gasteiger charge is 2.40. The fourth-order valence-corrected chi connectivity index (χ4v) is 6.80. The molecule has 0 N–H and O–H groups in total. The molecule has 1 aliphatic rings. The first-order chi connectivity index (χ1) is 15.8. The third kappa shape index (κ3) is 4.54. The van der Waals surface area contributed by atoms with E-state index in [4.69, 9.17) is 4.74 Å². The lowest BCUT2D eigenvalue weighted by Gasteiger charge is -2.32. The summed E-state index contributed by atoms with van der Waals surface area (Å²) in [7, 11) is -4.32. The standard InChI is InChI=1S/C23H22N2O6S2/c1-2-31-23(28)21-22(17-10-6-7-11-18(17)32-21)33(29,30)24-14-19(26)25(20(27)15-24)13-12-16-8-4-3-5-9-16/h3-11H,2,12-15H2,1H3. The van der Waals surface area contributed by atoms with E-state index in [0.717, 1.165) is 26.1 Å². The maximum atomic E-state index is 13.6. The van der Waals surface area contributed by atoms with Crippen LogP contribution in [0.3, 0.4) is 0 Å². The topological polar surface area (TPSA) is 101 Å². The molecule has 0 aliphatic carbocycles. The Balaban J connectivity index is 1.62. The molecule has 0 unspecified atom stereocenters. The quantitative estimate of drug-likeness (QED) is 0.376. The van der Waals surface area contributed by atoms with E-state index in [-0.39, 0.29) is 22.9 Å². The zero-order chi connectivity index (χ0) is 23.6. The number of hydrogen-bond acceptors (Lipinski definition) is 7. The Labute approximate surface area is 195 Å². The molecular formula is C23H22N2O6S2. The molecule has 10 heteroatoms. The number of thiophene rings is 1. The number of amides is 2. The van der Waals surface area contributed by atoms with Crippen LogP contribution in [0, 0.1) is 0 Å². The van der Waals surface area contributed by atoms with Crippen molar-refractivity contribution in [1.82, 2.24) is 9.21 Å². The molecule has 0 radical (unpaired) electrons. The predicted molar refractivity (Wildman–Crippen MR) is 123 cm³/mol. The fraction of sp³-hybridized carbons (Fsp3) is 0.261. The molecule has 2 aromatic carbocycles. The molecule has 0 bridgehead atoms. The van der Waals surface area contributed by atoms with Crippen molar-refractivity contribution in [1.29, 1.82) is 0 Å². The summed E-state index contributed by atoms with van der Waals surface area (Å²) in [6.07, 6.45) is 0.479. The number of sulfonamides is 1. The van der Waals surface area contributed by atoms with Crippen LogP contribution < -0.4 is 0 Å². The SMILES string of the molecule is CCOC(=O)c1sc2ccccc2c1S(=O)(=O)N1CC(=O)N(CCc2ccccc2)C(=O)C1. The second-order valence-electron chi connectivity index (χ2n) is 7.42. The van der Waals surface area contributed by atoms with Gasteiger partial charge in [0.25, 0.3) is 0 Å². The van der Waals surface area contributed by atoms with Gasteiger partial charge in [-0.1, -0.05) is 48.5 Å². The third-order valence-electron chi connectivity index (χ3n) is 5.30. The van der Waals surface area contributed by atoms with Gasteiger partial charge in [-0.3, -0.25) is 14.5 Å². The maximum Gasteiger partial charge on any atom is 0.349 e. The summed E-state index contributed by atoms with van der Waals surface area (Å²) in [5.41, 5.74) is 0.969. The van der Waals surface area contributed by atoms with Gasteiger partial charge in [-0.25, -0.2) is 13.2 Å². The van der Waals surface area contributed by atoms with E-state index in [0.29, 0.717) is 16.5 Å².